The topological polar surface area (TPSA) is 36.9 Å². The first-order valence-electron chi connectivity index (χ1n) is 8.58. The lowest BCUT2D eigenvalue weighted by atomic mass is 9.78. The SMILES string of the molecule is CC1(C)OB(c2ccccc2OCOCc2ccccc2)OC1(C)C. The van der Waals surface area contributed by atoms with Gasteiger partial charge in [-0.2, -0.15) is 0 Å². The summed E-state index contributed by atoms with van der Waals surface area (Å²) in [4.78, 5) is 0. The lowest BCUT2D eigenvalue weighted by molar-refractivity contribution is 0.00548. The first-order chi connectivity index (χ1) is 11.9. The van der Waals surface area contributed by atoms with Crippen molar-refractivity contribution in [2.45, 2.75) is 45.5 Å². The molecule has 1 fully saturated rings. The normalized spacial score (nSPS) is 18.3. The summed E-state index contributed by atoms with van der Waals surface area (Å²) in [5.74, 6) is 0.717. The Bertz CT molecular complexity index is 684. The number of hydrogen-bond acceptors (Lipinski definition) is 4. The molecule has 0 N–H and O–H groups in total. The maximum atomic E-state index is 6.12. The number of ether oxygens (including phenoxy) is 2. The largest absolute Gasteiger partial charge is 0.498 e. The smallest absolute Gasteiger partial charge is 0.468 e. The van der Waals surface area contributed by atoms with Crippen LogP contribution in [0.1, 0.15) is 33.3 Å². The Hall–Kier alpha value is -1.82. The van der Waals surface area contributed by atoms with Crippen molar-refractivity contribution in [3.8, 4) is 5.75 Å². The molecule has 132 valence electrons. The number of benzene rings is 2. The van der Waals surface area contributed by atoms with Crippen LogP contribution >= 0.6 is 0 Å². The van der Waals surface area contributed by atoms with Crippen LogP contribution in [-0.4, -0.2) is 25.1 Å². The zero-order valence-corrected chi connectivity index (χ0v) is 15.3. The van der Waals surface area contributed by atoms with Crippen LogP contribution in [0.15, 0.2) is 54.6 Å². The minimum atomic E-state index is -0.449. The van der Waals surface area contributed by atoms with Gasteiger partial charge in [-0.1, -0.05) is 48.5 Å². The maximum Gasteiger partial charge on any atom is 0.498 e. The van der Waals surface area contributed by atoms with Gasteiger partial charge in [0.05, 0.1) is 17.8 Å². The summed E-state index contributed by atoms with van der Waals surface area (Å²) in [7, 11) is -0.449. The van der Waals surface area contributed by atoms with Gasteiger partial charge < -0.3 is 18.8 Å². The third-order valence-corrected chi connectivity index (χ3v) is 4.84. The Kier molecular flexibility index (Phi) is 5.18. The molecule has 0 unspecified atom stereocenters. The van der Waals surface area contributed by atoms with Crippen molar-refractivity contribution < 1.29 is 18.8 Å². The van der Waals surface area contributed by atoms with E-state index in [1.807, 2.05) is 82.3 Å². The molecule has 1 aliphatic rings. The molecule has 1 aliphatic heterocycles. The Morgan fingerprint density at radius 1 is 0.840 bits per heavy atom. The van der Waals surface area contributed by atoms with Crippen LogP contribution in [0.25, 0.3) is 0 Å². The van der Waals surface area contributed by atoms with E-state index in [1.165, 1.54) is 0 Å². The predicted octanol–water partition coefficient (Wildman–Crippen LogP) is 3.54. The molecule has 5 heteroatoms. The van der Waals surface area contributed by atoms with Gasteiger partial charge in [0.15, 0.2) is 6.79 Å². The van der Waals surface area contributed by atoms with Gasteiger partial charge in [0.25, 0.3) is 0 Å². The van der Waals surface area contributed by atoms with Crippen LogP contribution in [0.5, 0.6) is 5.75 Å². The zero-order chi connectivity index (χ0) is 17.9. The second-order valence-corrected chi connectivity index (χ2v) is 7.22. The quantitative estimate of drug-likeness (QED) is 0.458. The summed E-state index contributed by atoms with van der Waals surface area (Å²) in [6, 6.07) is 17.8. The van der Waals surface area contributed by atoms with Crippen LogP contribution in [0.4, 0.5) is 0 Å². The molecule has 1 heterocycles. The molecular weight excluding hydrogens is 315 g/mol. The molecule has 1 saturated heterocycles. The molecule has 3 rings (SSSR count). The van der Waals surface area contributed by atoms with Crippen LogP contribution in [0, 0.1) is 0 Å². The molecule has 0 saturated carbocycles. The average Bonchev–Trinajstić information content (AvgIpc) is 2.81. The highest BCUT2D eigenvalue weighted by Gasteiger charge is 2.52. The molecule has 0 amide bonds. The van der Waals surface area contributed by atoms with Gasteiger partial charge in [0, 0.05) is 5.46 Å². The van der Waals surface area contributed by atoms with Gasteiger partial charge in [0.1, 0.15) is 5.75 Å². The summed E-state index contributed by atoms with van der Waals surface area (Å²) in [5, 5.41) is 0. The minimum Gasteiger partial charge on any atom is -0.468 e. The van der Waals surface area contributed by atoms with E-state index in [0.29, 0.717) is 12.4 Å². The monoisotopic (exact) mass is 340 g/mol. The van der Waals surface area contributed by atoms with Crippen molar-refractivity contribution in [1.29, 1.82) is 0 Å². The molecule has 0 radical (unpaired) electrons. The number of rotatable bonds is 6. The third kappa shape index (κ3) is 4.06. The van der Waals surface area contributed by atoms with E-state index < -0.39 is 7.12 Å². The Balaban J connectivity index is 1.62. The van der Waals surface area contributed by atoms with E-state index in [2.05, 4.69) is 0 Å². The zero-order valence-electron chi connectivity index (χ0n) is 15.3. The van der Waals surface area contributed by atoms with Crippen molar-refractivity contribution in [2.75, 3.05) is 6.79 Å². The summed E-state index contributed by atoms with van der Waals surface area (Å²) in [6.45, 7) is 8.85. The molecule has 0 aromatic heterocycles. The fraction of sp³-hybridized carbons (Fsp3) is 0.400. The average molecular weight is 340 g/mol. The highest BCUT2D eigenvalue weighted by atomic mass is 16.7. The Morgan fingerprint density at radius 3 is 2.12 bits per heavy atom. The van der Waals surface area contributed by atoms with Crippen LogP contribution in [-0.2, 0) is 20.7 Å². The van der Waals surface area contributed by atoms with E-state index in [0.717, 1.165) is 11.0 Å². The van der Waals surface area contributed by atoms with Crippen molar-refractivity contribution >= 4 is 12.6 Å². The van der Waals surface area contributed by atoms with E-state index in [9.17, 15) is 0 Å². The van der Waals surface area contributed by atoms with E-state index in [4.69, 9.17) is 18.8 Å². The highest BCUT2D eigenvalue weighted by molar-refractivity contribution is 6.63. The van der Waals surface area contributed by atoms with E-state index in [1.54, 1.807) is 0 Å². The Labute approximate surface area is 150 Å². The molecule has 0 aliphatic carbocycles. The third-order valence-electron chi connectivity index (χ3n) is 4.84. The molecule has 0 spiro atoms. The van der Waals surface area contributed by atoms with Crippen LogP contribution in [0.2, 0.25) is 0 Å². The Morgan fingerprint density at radius 2 is 1.44 bits per heavy atom. The van der Waals surface area contributed by atoms with Gasteiger partial charge in [0.2, 0.25) is 0 Å². The molecule has 25 heavy (non-hydrogen) atoms. The van der Waals surface area contributed by atoms with Gasteiger partial charge in [-0.25, -0.2) is 0 Å². The van der Waals surface area contributed by atoms with Crippen molar-refractivity contribution in [2.24, 2.45) is 0 Å². The fourth-order valence-electron chi connectivity index (χ4n) is 2.62. The maximum absolute atomic E-state index is 6.12. The second kappa shape index (κ2) is 7.20. The fourth-order valence-corrected chi connectivity index (χ4v) is 2.62. The molecule has 0 bridgehead atoms. The summed E-state index contributed by atoms with van der Waals surface area (Å²) in [6.07, 6.45) is 0. The van der Waals surface area contributed by atoms with Crippen LogP contribution in [0.3, 0.4) is 0 Å². The lowest BCUT2D eigenvalue weighted by Gasteiger charge is -2.32. The second-order valence-electron chi connectivity index (χ2n) is 7.22. The van der Waals surface area contributed by atoms with Gasteiger partial charge >= 0.3 is 7.12 Å². The lowest BCUT2D eigenvalue weighted by Crippen LogP contribution is -2.41. The van der Waals surface area contributed by atoms with Gasteiger partial charge in [-0.05, 0) is 39.3 Å². The number of hydrogen-bond donors (Lipinski definition) is 0. The molecule has 0 atom stereocenters. The van der Waals surface area contributed by atoms with E-state index >= 15 is 0 Å². The molecule has 2 aromatic carbocycles. The summed E-state index contributed by atoms with van der Waals surface area (Å²) >= 11 is 0. The van der Waals surface area contributed by atoms with Crippen molar-refractivity contribution in [3.05, 3.63) is 60.2 Å². The minimum absolute atomic E-state index is 0.172. The molecular formula is C20H25BO4. The number of para-hydroxylation sites is 1. The standard InChI is InChI=1S/C20H25BO4/c1-19(2)20(3,4)25-21(24-19)17-12-8-9-13-18(17)23-15-22-14-16-10-6-5-7-11-16/h5-13H,14-15H2,1-4H3. The predicted molar refractivity (Wildman–Crippen MR) is 98.9 cm³/mol. The summed E-state index contributed by atoms with van der Waals surface area (Å²) in [5.41, 5.74) is 1.23. The van der Waals surface area contributed by atoms with Crippen LogP contribution < -0.4 is 10.2 Å². The first-order valence-corrected chi connectivity index (χ1v) is 8.58. The highest BCUT2D eigenvalue weighted by Crippen LogP contribution is 2.37. The van der Waals surface area contributed by atoms with E-state index in [-0.39, 0.29) is 18.0 Å². The summed E-state index contributed by atoms with van der Waals surface area (Å²) < 4.78 is 23.7. The molecule has 2 aromatic rings. The van der Waals surface area contributed by atoms with Crippen molar-refractivity contribution in [1.82, 2.24) is 0 Å². The first kappa shape index (κ1) is 18.0. The van der Waals surface area contributed by atoms with Gasteiger partial charge in [-0.3, -0.25) is 0 Å². The molecule has 4 nitrogen and oxygen atoms in total. The van der Waals surface area contributed by atoms with Crippen molar-refractivity contribution in [3.63, 3.8) is 0 Å². The van der Waals surface area contributed by atoms with Gasteiger partial charge in [-0.15, -0.1) is 0 Å².